The van der Waals surface area contributed by atoms with E-state index in [4.69, 9.17) is 5.73 Å². The summed E-state index contributed by atoms with van der Waals surface area (Å²) in [7, 11) is 0. The van der Waals surface area contributed by atoms with Crippen molar-refractivity contribution in [3.8, 4) is 0 Å². The highest BCUT2D eigenvalue weighted by molar-refractivity contribution is 5.50. The maximum absolute atomic E-state index is 15.0. The highest BCUT2D eigenvalue weighted by Gasteiger charge is 2.35. The number of nitro benzene ring substituents is 1. The third kappa shape index (κ3) is 7.13. The Bertz CT molecular complexity index is 1910. The van der Waals surface area contributed by atoms with Crippen LogP contribution in [0.2, 0.25) is 0 Å². The molecule has 1 aliphatic heterocycles. The Morgan fingerprint density at radius 3 is 2.26 bits per heavy atom. The van der Waals surface area contributed by atoms with Gasteiger partial charge in [0.25, 0.3) is 11.2 Å². The fraction of sp³-hybridized carbons (Fsp3) is 0.333. The molecule has 0 radical (unpaired) electrons. The lowest BCUT2D eigenvalue weighted by molar-refractivity contribution is -0.384. The molecule has 248 valence electrons. The van der Waals surface area contributed by atoms with Crippen LogP contribution < -0.4 is 21.9 Å². The Labute approximate surface area is 267 Å². The van der Waals surface area contributed by atoms with Crippen molar-refractivity contribution in [3.05, 3.63) is 137 Å². The van der Waals surface area contributed by atoms with Crippen molar-refractivity contribution in [1.29, 1.82) is 0 Å². The molecule has 1 atom stereocenters. The van der Waals surface area contributed by atoms with E-state index in [1.54, 1.807) is 29.2 Å². The number of nitrogens with zero attached hydrogens (tertiary/aromatic N) is 5. The van der Waals surface area contributed by atoms with E-state index < -0.39 is 51.9 Å². The quantitative estimate of drug-likeness (QED) is 0.157. The first-order chi connectivity index (χ1) is 22.3. The van der Waals surface area contributed by atoms with Gasteiger partial charge in [0.1, 0.15) is 11.5 Å². The van der Waals surface area contributed by atoms with E-state index >= 15 is 0 Å². The minimum atomic E-state index is -4.88. The smallest absolute Gasteiger partial charge is 0.363 e. The average molecular weight is 655 g/mol. The van der Waals surface area contributed by atoms with E-state index in [1.165, 1.54) is 19.1 Å². The number of nitrogens with two attached hydrogens (primary N) is 1. The minimum absolute atomic E-state index is 0.0213. The van der Waals surface area contributed by atoms with Gasteiger partial charge in [-0.3, -0.25) is 28.9 Å². The zero-order valence-corrected chi connectivity index (χ0v) is 25.8. The Balaban J connectivity index is 1.53. The molecule has 0 spiro atoms. The van der Waals surface area contributed by atoms with Crippen LogP contribution in [-0.2, 0) is 25.8 Å². The molecule has 1 aromatic heterocycles. The zero-order valence-electron chi connectivity index (χ0n) is 25.8. The number of non-ortho nitro benzene ring substituents is 1. The first-order valence-electron chi connectivity index (χ1n) is 15.0. The number of rotatable bonds is 9. The number of nitro groups is 1. The van der Waals surface area contributed by atoms with Gasteiger partial charge in [0.05, 0.1) is 23.6 Å². The van der Waals surface area contributed by atoms with Crippen LogP contribution >= 0.6 is 0 Å². The summed E-state index contributed by atoms with van der Waals surface area (Å²) >= 11 is 0. The van der Waals surface area contributed by atoms with Crippen molar-refractivity contribution < 1.29 is 22.5 Å². The normalized spacial score (nSPS) is 14.7. The molecule has 2 heterocycles. The summed E-state index contributed by atoms with van der Waals surface area (Å²) in [6, 6.07) is 15.3. The third-order valence-electron chi connectivity index (χ3n) is 8.58. The molecule has 1 fully saturated rings. The Kier molecular flexibility index (Phi) is 9.63. The van der Waals surface area contributed by atoms with E-state index in [-0.39, 0.29) is 23.6 Å². The van der Waals surface area contributed by atoms with E-state index in [2.05, 4.69) is 4.90 Å². The number of aryl methyl sites for hydroxylation is 1. The maximum Gasteiger partial charge on any atom is 0.416 e. The van der Waals surface area contributed by atoms with Crippen LogP contribution in [0.5, 0.6) is 0 Å². The molecule has 5 rings (SSSR count). The molecule has 14 heteroatoms. The second-order valence-electron chi connectivity index (χ2n) is 11.6. The highest BCUT2D eigenvalue weighted by Crippen LogP contribution is 2.34. The molecule has 2 N–H and O–H groups in total. The van der Waals surface area contributed by atoms with E-state index in [0.29, 0.717) is 38.3 Å². The van der Waals surface area contributed by atoms with Gasteiger partial charge in [-0.25, -0.2) is 9.18 Å². The lowest BCUT2D eigenvalue weighted by Crippen LogP contribution is -2.51. The predicted octanol–water partition coefficient (Wildman–Crippen LogP) is 4.76. The highest BCUT2D eigenvalue weighted by atomic mass is 19.4. The van der Waals surface area contributed by atoms with E-state index in [9.17, 15) is 37.3 Å². The van der Waals surface area contributed by atoms with Crippen LogP contribution in [0.25, 0.3) is 0 Å². The molecule has 0 bridgehead atoms. The largest absolute Gasteiger partial charge is 0.416 e. The molecular formula is C33H34F4N6O4. The first-order valence-corrected chi connectivity index (χ1v) is 15.0. The Hall–Kier alpha value is -4.82. The third-order valence-corrected chi connectivity index (χ3v) is 8.58. The van der Waals surface area contributed by atoms with Gasteiger partial charge in [-0.15, -0.1) is 0 Å². The molecule has 1 saturated heterocycles. The molecule has 10 nitrogen and oxygen atoms in total. The van der Waals surface area contributed by atoms with Crippen molar-refractivity contribution in [2.75, 3.05) is 31.1 Å². The number of alkyl halides is 3. The van der Waals surface area contributed by atoms with Crippen LogP contribution in [0.1, 0.15) is 39.6 Å². The van der Waals surface area contributed by atoms with Crippen molar-refractivity contribution >= 4 is 11.4 Å². The van der Waals surface area contributed by atoms with Gasteiger partial charge in [-0.1, -0.05) is 42.5 Å². The zero-order chi connectivity index (χ0) is 34.0. The fourth-order valence-corrected chi connectivity index (χ4v) is 6.09. The standard InChI is InChI=1S/C33H34F4N6O4/c1-21-7-3-4-10-25(21)29(38)20-42-31(44)30(40-15-13-39(14-16-40)18-23-8-5-9-24(17-23)43(46)47)22(2)41(32(42)45)19-26-27(33(35,36)37)11-6-12-28(26)34/h3-12,17,29H,13-16,18-20,38H2,1-2H3. The van der Waals surface area contributed by atoms with Crippen molar-refractivity contribution in [2.24, 2.45) is 5.73 Å². The molecule has 1 aliphatic rings. The maximum atomic E-state index is 15.0. The number of hydrogen-bond acceptors (Lipinski definition) is 7. The van der Waals surface area contributed by atoms with Gasteiger partial charge >= 0.3 is 11.9 Å². The summed E-state index contributed by atoms with van der Waals surface area (Å²) in [5, 5.41) is 11.2. The number of piperazine rings is 1. The summed E-state index contributed by atoms with van der Waals surface area (Å²) in [6.45, 7) is 4.26. The average Bonchev–Trinajstić information content (AvgIpc) is 3.02. The Morgan fingerprint density at radius 1 is 0.915 bits per heavy atom. The number of halogens is 4. The van der Waals surface area contributed by atoms with Crippen LogP contribution in [-0.4, -0.2) is 45.1 Å². The number of hydrogen-bond donors (Lipinski definition) is 1. The molecular weight excluding hydrogens is 620 g/mol. The summed E-state index contributed by atoms with van der Waals surface area (Å²) in [4.78, 5) is 42.5. The SMILES string of the molecule is Cc1ccccc1C(N)Cn1c(=O)c(N2CCN(Cc3cccc([N+](=O)[O-])c3)CC2)c(C)n(Cc2c(F)cccc2C(F)(F)F)c1=O. The minimum Gasteiger partial charge on any atom is -0.363 e. The van der Waals surface area contributed by atoms with Gasteiger partial charge in [0.2, 0.25) is 0 Å². The van der Waals surface area contributed by atoms with Gasteiger partial charge in [-0.05, 0) is 42.7 Å². The second kappa shape index (κ2) is 13.5. The van der Waals surface area contributed by atoms with E-state index in [0.717, 1.165) is 38.5 Å². The van der Waals surface area contributed by atoms with Crippen molar-refractivity contribution in [1.82, 2.24) is 14.0 Å². The van der Waals surface area contributed by atoms with Gasteiger partial charge in [-0.2, -0.15) is 13.2 Å². The van der Waals surface area contributed by atoms with Crippen LogP contribution in [0, 0.1) is 29.8 Å². The predicted molar refractivity (Wildman–Crippen MR) is 169 cm³/mol. The molecule has 1 unspecified atom stereocenters. The van der Waals surface area contributed by atoms with Crippen molar-refractivity contribution in [3.63, 3.8) is 0 Å². The summed E-state index contributed by atoms with van der Waals surface area (Å²) in [5.41, 5.74) is 5.47. The summed E-state index contributed by atoms with van der Waals surface area (Å²) < 4.78 is 58.7. The monoisotopic (exact) mass is 654 g/mol. The van der Waals surface area contributed by atoms with Crippen LogP contribution in [0.3, 0.4) is 0 Å². The molecule has 4 aromatic rings. The summed E-state index contributed by atoms with van der Waals surface area (Å²) in [5.74, 6) is -1.13. The number of benzene rings is 3. The van der Waals surface area contributed by atoms with Gasteiger partial charge in [0, 0.05) is 62.2 Å². The number of anilines is 1. The van der Waals surface area contributed by atoms with Gasteiger partial charge in [0.15, 0.2) is 0 Å². The van der Waals surface area contributed by atoms with Crippen LogP contribution in [0.4, 0.5) is 28.9 Å². The molecule has 0 amide bonds. The molecule has 0 aliphatic carbocycles. The van der Waals surface area contributed by atoms with E-state index in [1.807, 2.05) is 19.1 Å². The molecule has 0 saturated carbocycles. The second-order valence-corrected chi connectivity index (χ2v) is 11.6. The topological polar surface area (TPSA) is 120 Å². The van der Waals surface area contributed by atoms with Crippen molar-refractivity contribution in [2.45, 2.75) is 45.7 Å². The number of aromatic nitrogens is 2. The molecule has 47 heavy (non-hydrogen) atoms. The van der Waals surface area contributed by atoms with Gasteiger partial charge < -0.3 is 10.6 Å². The summed E-state index contributed by atoms with van der Waals surface area (Å²) in [6.07, 6.45) is -4.88. The first kappa shape index (κ1) is 33.5. The fourth-order valence-electron chi connectivity index (χ4n) is 6.09. The lowest BCUT2D eigenvalue weighted by atomic mass is 10.0. The van der Waals surface area contributed by atoms with Crippen LogP contribution in [0.15, 0.2) is 76.3 Å². The lowest BCUT2D eigenvalue weighted by Gasteiger charge is -2.37. The Morgan fingerprint density at radius 2 is 1.60 bits per heavy atom. The molecule has 3 aromatic carbocycles.